The maximum absolute atomic E-state index is 12.4. The van der Waals surface area contributed by atoms with Gasteiger partial charge in [0.25, 0.3) is 0 Å². The number of carbonyl (C=O) groups is 1. The summed E-state index contributed by atoms with van der Waals surface area (Å²) in [4.78, 5) is 16.3. The number of rotatable bonds is 8. The van der Waals surface area contributed by atoms with Crippen molar-refractivity contribution in [1.82, 2.24) is 9.80 Å². The molecule has 2 N–H and O–H groups in total. The van der Waals surface area contributed by atoms with Gasteiger partial charge in [0.15, 0.2) is 0 Å². The number of alkyl halides is 3. The zero-order valence-electron chi connectivity index (χ0n) is 14.0. The molecular weight excluding hydrogens is 311 g/mol. The van der Waals surface area contributed by atoms with Crippen LogP contribution in [0.2, 0.25) is 0 Å². The van der Waals surface area contributed by atoms with Crippen LogP contribution in [0.3, 0.4) is 0 Å². The normalized spacial score (nSPS) is 19.7. The number of nitrogens with two attached hydrogens (primary N) is 1. The summed E-state index contributed by atoms with van der Waals surface area (Å²) in [5.41, 5.74) is 5.25. The predicted molar refractivity (Wildman–Crippen MR) is 82.0 cm³/mol. The van der Waals surface area contributed by atoms with Gasteiger partial charge in [-0.25, -0.2) is 0 Å². The van der Waals surface area contributed by atoms with Gasteiger partial charge in [-0.05, 0) is 19.8 Å². The van der Waals surface area contributed by atoms with Crippen molar-refractivity contribution in [1.29, 1.82) is 0 Å². The van der Waals surface area contributed by atoms with Crippen LogP contribution in [0.15, 0.2) is 0 Å². The molecule has 1 fully saturated rings. The van der Waals surface area contributed by atoms with E-state index in [1.165, 1.54) is 0 Å². The summed E-state index contributed by atoms with van der Waals surface area (Å²) in [7, 11) is 0. The molecule has 0 radical (unpaired) electrons. The summed E-state index contributed by atoms with van der Waals surface area (Å²) >= 11 is 0. The average molecular weight is 339 g/mol. The van der Waals surface area contributed by atoms with Crippen LogP contribution in [0.4, 0.5) is 13.2 Å². The van der Waals surface area contributed by atoms with E-state index in [0.29, 0.717) is 45.6 Å². The molecule has 1 rings (SSSR count). The van der Waals surface area contributed by atoms with E-state index in [1.807, 2.05) is 6.92 Å². The molecular formula is C15H28F3N3O2. The van der Waals surface area contributed by atoms with Crippen molar-refractivity contribution >= 4 is 5.91 Å². The molecule has 23 heavy (non-hydrogen) atoms. The number of ether oxygens (including phenoxy) is 1. The molecule has 1 unspecified atom stereocenters. The Morgan fingerprint density at radius 2 is 1.83 bits per heavy atom. The van der Waals surface area contributed by atoms with Crippen LogP contribution in [0.5, 0.6) is 0 Å². The molecule has 5 nitrogen and oxygen atoms in total. The Morgan fingerprint density at radius 1 is 1.22 bits per heavy atom. The fourth-order valence-corrected chi connectivity index (χ4v) is 2.74. The van der Waals surface area contributed by atoms with E-state index >= 15 is 0 Å². The van der Waals surface area contributed by atoms with Crippen LogP contribution in [0.1, 0.15) is 33.1 Å². The van der Waals surface area contributed by atoms with E-state index in [-0.39, 0.29) is 12.5 Å². The lowest BCUT2D eigenvalue weighted by Gasteiger charge is -2.38. The van der Waals surface area contributed by atoms with Crippen LogP contribution >= 0.6 is 0 Å². The fraction of sp³-hybridized carbons (Fsp3) is 0.933. The molecule has 136 valence electrons. The van der Waals surface area contributed by atoms with Crippen molar-refractivity contribution in [3.8, 4) is 0 Å². The minimum atomic E-state index is -4.26. The summed E-state index contributed by atoms with van der Waals surface area (Å²) in [5.74, 6) is -0.0208. The lowest BCUT2D eigenvalue weighted by atomic mass is 9.95. The molecule has 0 bridgehead atoms. The second-order valence-electron chi connectivity index (χ2n) is 6.32. The van der Waals surface area contributed by atoms with E-state index in [4.69, 9.17) is 5.73 Å². The van der Waals surface area contributed by atoms with Gasteiger partial charge in [-0.1, -0.05) is 13.3 Å². The first-order chi connectivity index (χ1) is 10.7. The third kappa shape index (κ3) is 7.50. The number of nitrogens with zero attached hydrogens (tertiary/aromatic N) is 2. The Hall–Kier alpha value is -0.860. The second-order valence-corrected chi connectivity index (χ2v) is 6.32. The monoisotopic (exact) mass is 339 g/mol. The van der Waals surface area contributed by atoms with E-state index in [1.54, 1.807) is 11.8 Å². The largest absolute Gasteiger partial charge is 0.411 e. The van der Waals surface area contributed by atoms with E-state index < -0.39 is 18.3 Å². The zero-order valence-corrected chi connectivity index (χ0v) is 14.0. The van der Waals surface area contributed by atoms with Gasteiger partial charge < -0.3 is 15.4 Å². The van der Waals surface area contributed by atoms with Crippen molar-refractivity contribution in [3.05, 3.63) is 0 Å². The summed E-state index contributed by atoms with van der Waals surface area (Å²) in [6.45, 7) is 5.99. The van der Waals surface area contributed by atoms with Crippen molar-refractivity contribution in [2.24, 2.45) is 5.73 Å². The van der Waals surface area contributed by atoms with Crippen molar-refractivity contribution in [3.63, 3.8) is 0 Å². The third-order valence-corrected chi connectivity index (χ3v) is 3.95. The highest BCUT2D eigenvalue weighted by atomic mass is 19.4. The molecule has 1 heterocycles. The average Bonchev–Trinajstić information content (AvgIpc) is 2.45. The molecule has 0 saturated carbocycles. The highest BCUT2D eigenvalue weighted by molar-refractivity contribution is 5.85. The SMILES string of the molecule is CCCC(C)(N)C(=O)N1CCN(CCCOCC(F)(F)F)CC1. The maximum Gasteiger partial charge on any atom is 0.411 e. The molecule has 1 amide bonds. The quantitative estimate of drug-likeness (QED) is 0.683. The molecule has 1 atom stereocenters. The summed E-state index contributed by atoms with van der Waals surface area (Å²) in [6, 6.07) is 0. The maximum atomic E-state index is 12.4. The van der Waals surface area contributed by atoms with Crippen LogP contribution in [-0.2, 0) is 9.53 Å². The summed E-state index contributed by atoms with van der Waals surface area (Å²) in [5, 5.41) is 0. The molecule has 1 saturated heterocycles. The molecule has 0 aromatic carbocycles. The lowest BCUT2D eigenvalue weighted by molar-refractivity contribution is -0.174. The van der Waals surface area contributed by atoms with Gasteiger partial charge >= 0.3 is 6.18 Å². The fourth-order valence-electron chi connectivity index (χ4n) is 2.74. The molecule has 0 aliphatic carbocycles. The number of amides is 1. The van der Waals surface area contributed by atoms with Gasteiger partial charge in [0, 0.05) is 39.3 Å². The number of halogens is 3. The summed E-state index contributed by atoms with van der Waals surface area (Å²) < 4.78 is 40.4. The van der Waals surface area contributed by atoms with Crippen molar-refractivity contribution < 1.29 is 22.7 Å². The van der Waals surface area contributed by atoms with Crippen LogP contribution in [-0.4, -0.2) is 73.4 Å². The molecule has 1 aliphatic heterocycles. The number of hydrogen-bond acceptors (Lipinski definition) is 4. The number of piperazine rings is 1. The Labute approximate surface area is 135 Å². The first-order valence-electron chi connectivity index (χ1n) is 8.11. The molecule has 1 aliphatic rings. The topological polar surface area (TPSA) is 58.8 Å². The predicted octanol–water partition coefficient (Wildman–Crippen LogP) is 1.62. The Balaban J connectivity index is 2.22. The minimum absolute atomic E-state index is 0.0208. The first-order valence-corrected chi connectivity index (χ1v) is 8.11. The third-order valence-electron chi connectivity index (χ3n) is 3.95. The van der Waals surface area contributed by atoms with Crippen LogP contribution < -0.4 is 5.73 Å². The van der Waals surface area contributed by atoms with E-state index in [9.17, 15) is 18.0 Å². The van der Waals surface area contributed by atoms with Gasteiger partial charge in [0.1, 0.15) is 6.61 Å². The highest BCUT2D eigenvalue weighted by Crippen LogP contribution is 2.16. The van der Waals surface area contributed by atoms with Crippen molar-refractivity contribution in [2.45, 2.75) is 44.8 Å². The lowest BCUT2D eigenvalue weighted by Crippen LogP contribution is -2.58. The van der Waals surface area contributed by atoms with Gasteiger partial charge in [-0.3, -0.25) is 9.69 Å². The number of hydrogen-bond donors (Lipinski definition) is 1. The Bertz CT molecular complexity index is 367. The van der Waals surface area contributed by atoms with Crippen molar-refractivity contribution in [2.75, 3.05) is 45.9 Å². The van der Waals surface area contributed by atoms with Crippen LogP contribution in [0.25, 0.3) is 0 Å². The Morgan fingerprint density at radius 3 is 2.35 bits per heavy atom. The van der Waals surface area contributed by atoms with Gasteiger partial charge in [0.05, 0.1) is 5.54 Å². The molecule has 0 aromatic rings. The standard InChI is InChI=1S/C15H28F3N3O2/c1-3-5-14(2,19)13(22)21-9-7-20(8-10-21)6-4-11-23-12-15(16,17)18/h3-12,19H2,1-2H3. The van der Waals surface area contributed by atoms with Gasteiger partial charge in [-0.15, -0.1) is 0 Å². The van der Waals surface area contributed by atoms with E-state index in [0.717, 1.165) is 6.42 Å². The van der Waals surface area contributed by atoms with E-state index in [2.05, 4.69) is 9.64 Å². The minimum Gasteiger partial charge on any atom is -0.372 e. The Kier molecular flexibility index (Phi) is 7.76. The van der Waals surface area contributed by atoms with Crippen LogP contribution in [0, 0.1) is 0 Å². The zero-order chi connectivity index (χ0) is 17.5. The summed E-state index contributed by atoms with van der Waals surface area (Å²) in [6.07, 6.45) is -2.20. The van der Waals surface area contributed by atoms with Gasteiger partial charge in [0.2, 0.25) is 5.91 Å². The molecule has 0 aromatic heterocycles. The molecule has 8 heteroatoms. The first kappa shape index (κ1) is 20.2. The van der Waals surface area contributed by atoms with Gasteiger partial charge in [-0.2, -0.15) is 13.2 Å². The number of carbonyl (C=O) groups excluding carboxylic acids is 1. The molecule has 0 spiro atoms. The smallest absolute Gasteiger partial charge is 0.372 e. The highest BCUT2D eigenvalue weighted by Gasteiger charge is 2.33. The second kappa shape index (κ2) is 8.84.